The summed E-state index contributed by atoms with van der Waals surface area (Å²) < 4.78 is 2.01. The van der Waals surface area contributed by atoms with Crippen molar-refractivity contribution in [2.24, 2.45) is 12.5 Å². The maximum atomic E-state index is 11.1. The van der Waals surface area contributed by atoms with Crippen LogP contribution in [0.15, 0.2) is 12.3 Å². The minimum Gasteiger partial charge on any atom is -0.465 e. The molecule has 3 heterocycles. The van der Waals surface area contributed by atoms with E-state index in [2.05, 4.69) is 16.1 Å². The van der Waals surface area contributed by atoms with Crippen LogP contribution in [0.3, 0.4) is 0 Å². The molecule has 0 aromatic carbocycles. The summed E-state index contributed by atoms with van der Waals surface area (Å²) >= 11 is 0. The molecule has 2 saturated heterocycles. The number of likely N-dealkylation sites (tertiary alicyclic amines) is 2. The van der Waals surface area contributed by atoms with Gasteiger partial charge in [0.1, 0.15) is 0 Å². The van der Waals surface area contributed by atoms with E-state index in [9.17, 15) is 4.79 Å². The molecule has 126 valence electrons. The Balaban J connectivity index is 1.28. The Bertz CT molecular complexity index is 585. The van der Waals surface area contributed by atoms with Crippen LogP contribution in [-0.2, 0) is 7.05 Å². The van der Waals surface area contributed by atoms with Crippen LogP contribution in [0.25, 0.3) is 0 Å². The highest BCUT2D eigenvalue weighted by molar-refractivity contribution is 5.65. The van der Waals surface area contributed by atoms with Crippen LogP contribution in [0.1, 0.15) is 43.7 Å². The zero-order valence-electron chi connectivity index (χ0n) is 13.8. The zero-order chi connectivity index (χ0) is 16.0. The van der Waals surface area contributed by atoms with Crippen molar-refractivity contribution in [1.82, 2.24) is 19.6 Å². The topological polar surface area (TPSA) is 61.6 Å². The zero-order valence-corrected chi connectivity index (χ0v) is 13.8. The summed E-state index contributed by atoms with van der Waals surface area (Å²) in [5.74, 6) is 0.641. The van der Waals surface area contributed by atoms with E-state index in [-0.39, 0.29) is 0 Å². The van der Waals surface area contributed by atoms with Crippen LogP contribution in [0.2, 0.25) is 0 Å². The van der Waals surface area contributed by atoms with Crippen molar-refractivity contribution in [2.75, 3.05) is 26.2 Å². The third-order valence-corrected chi connectivity index (χ3v) is 6.37. The van der Waals surface area contributed by atoms with Crippen LogP contribution in [-0.4, -0.2) is 63.0 Å². The molecular weight excluding hydrogens is 292 g/mol. The Kier molecular flexibility index (Phi) is 3.59. The minimum atomic E-state index is -0.748. The van der Waals surface area contributed by atoms with E-state index in [1.807, 2.05) is 17.9 Å². The van der Waals surface area contributed by atoms with Gasteiger partial charge in [0.2, 0.25) is 0 Å². The Morgan fingerprint density at radius 3 is 2.61 bits per heavy atom. The van der Waals surface area contributed by atoms with Crippen molar-refractivity contribution in [2.45, 2.75) is 44.1 Å². The molecule has 0 bridgehead atoms. The van der Waals surface area contributed by atoms with Crippen LogP contribution < -0.4 is 0 Å². The smallest absolute Gasteiger partial charge is 0.407 e. The van der Waals surface area contributed by atoms with E-state index < -0.39 is 6.09 Å². The first-order valence-corrected chi connectivity index (χ1v) is 8.76. The van der Waals surface area contributed by atoms with Crippen molar-refractivity contribution in [1.29, 1.82) is 0 Å². The summed E-state index contributed by atoms with van der Waals surface area (Å²) in [5.41, 5.74) is 1.66. The third kappa shape index (κ3) is 2.63. The van der Waals surface area contributed by atoms with Crippen molar-refractivity contribution in [3.8, 4) is 0 Å². The lowest BCUT2D eigenvalue weighted by atomic mass is 9.64. The molecule has 4 rings (SSSR count). The maximum absolute atomic E-state index is 11.1. The van der Waals surface area contributed by atoms with Gasteiger partial charge in [0.05, 0.1) is 0 Å². The van der Waals surface area contributed by atoms with Crippen LogP contribution >= 0.6 is 0 Å². The molecule has 1 N–H and O–H groups in total. The normalized spacial score (nSPS) is 32.4. The fourth-order valence-corrected chi connectivity index (χ4v) is 4.97. The van der Waals surface area contributed by atoms with E-state index in [1.54, 1.807) is 4.90 Å². The molecule has 1 spiro atoms. The lowest BCUT2D eigenvalue weighted by Gasteiger charge is -2.51. The predicted octanol–water partition coefficient (Wildman–Crippen LogP) is 2.13. The highest BCUT2D eigenvalue weighted by atomic mass is 16.4. The monoisotopic (exact) mass is 318 g/mol. The average molecular weight is 318 g/mol. The van der Waals surface area contributed by atoms with E-state index in [1.165, 1.54) is 44.5 Å². The molecule has 1 saturated carbocycles. The van der Waals surface area contributed by atoms with Crippen molar-refractivity contribution < 1.29 is 9.90 Å². The van der Waals surface area contributed by atoms with Gasteiger partial charge < -0.3 is 14.9 Å². The number of aromatic nitrogens is 2. The first-order chi connectivity index (χ1) is 11.1. The molecule has 0 radical (unpaired) electrons. The number of piperidine rings is 1. The SMILES string of the molecule is Cn1nccc1C1CCN(C2CC3(CCN(C(=O)O)C3)C2)CC1. The predicted molar refractivity (Wildman–Crippen MR) is 86.4 cm³/mol. The van der Waals surface area contributed by atoms with Gasteiger partial charge in [-0.15, -0.1) is 0 Å². The highest BCUT2D eigenvalue weighted by Crippen LogP contribution is 2.50. The molecule has 0 atom stereocenters. The van der Waals surface area contributed by atoms with Gasteiger partial charge in [-0.25, -0.2) is 4.79 Å². The summed E-state index contributed by atoms with van der Waals surface area (Å²) in [6, 6.07) is 2.83. The van der Waals surface area contributed by atoms with E-state index in [4.69, 9.17) is 5.11 Å². The van der Waals surface area contributed by atoms with Gasteiger partial charge in [0, 0.05) is 44.0 Å². The molecular formula is C17H26N4O2. The van der Waals surface area contributed by atoms with Crippen molar-refractivity contribution >= 4 is 6.09 Å². The number of carboxylic acid groups (broad SMARTS) is 1. The van der Waals surface area contributed by atoms with Crippen LogP contribution in [0.4, 0.5) is 4.79 Å². The number of carbonyl (C=O) groups is 1. The summed E-state index contributed by atoms with van der Waals surface area (Å²) in [6.45, 7) is 3.81. The second kappa shape index (κ2) is 5.51. The number of amides is 1. The molecule has 3 fully saturated rings. The molecule has 3 aliphatic rings. The van der Waals surface area contributed by atoms with Crippen molar-refractivity contribution in [3.63, 3.8) is 0 Å². The standard InChI is InChI=1S/C17H26N4O2/c1-19-15(2-6-18-19)13-3-7-20(8-4-13)14-10-17(11-14)5-9-21(12-17)16(22)23/h2,6,13-14H,3-5,7-12H2,1H3,(H,22,23). The average Bonchev–Trinajstić information content (AvgIpc) is 3.12. The Labute approximate surface area is 137 Å². The molecule has 23 heavy (non-hydrogen) atoms. The second-order valence-electron chi connectivity index (χ2n) is 7.71. The number of hydrogen-bond donors (Lipinski definition) is 1. The maximum Gasteiger partial charge on any atom is 0.407 e. The van der Waals surface area contributed by atoms with Gasteiger partial charge in [0.15, 0.2) is 0 Å². The molecule has 1 amide bonds. The summed E-state index contributed by atoms with van der Waals surface area (Å²) in [7, 11) is 2.03. The second-order valence-corrected chi connectivity index (χ2v) is 7.71. The van der Waals surface area contributed by atoms with Gasteiger partial charge in [-0.1, -0.05) is 0 Å². The molecule has 2 aliphatic heterocycles. The molecule has 0 unspecified atom stereocenters. The van der Waals surface area contributed by atoms with Gasteiger partial charge in [-0.05, 0) is 56.7 Å². The van der Waals surface area contributed by atoms with Crippen molar-refractivity contribution in [3.05, 3.63) is 18.0 Å². The van der Waals surface area contributed by atoms with Crippen LogP contribution in [0, 0.1) is 5.41 Å². The van der Waals surface area contributed by atoms with E-state index in [0.29, 0.717) is 17.4 Å². The third-order valence-electron chi connectivity index (χ3n) is 6.37. The summed E-state index contributed by atoms with van der Waals surface area (Å²) in [6.07, 6.45) is 7.00. The van der Waals surface area contributed by atoms with Crippen LogP contribution in [0.5, 0.6) is 0 Å². The number of nitrogens with zero attached hydrogens (tertiary/aromatic N) is 4. The number of aryl methyl sites for hydroxylation is 1. The van der Waals surface area contributed by atoms with Gasteiger partial charge in [-0.2, -0.15) is 5.10 Å². The summed E-state index contributed by atoms with van der Waals surface area (Å²) in [4.78, 5) is 15.3. The molecule has 1 aromatic heterocycles. The Hall–Kier alpha value is -1.56. The summed E-state index contributed by atoms with van der Waals surface area (Å²) in [5, 5.41) is 13.4. The quantitative estimate of drug-likeness (QED) is 0.907. The fourth-order valence-electron chi connectivity index (χ4n) is 4.97. The Morgan fingerprint density at radius 2 is 2.04 bits per heavy atom. The molecule has 6 heteroatoms. The lowest BCUT2D eigenvalue weighted by molar-refractivity contribution is -0.00416. The first-order valence-electron chi connectivity index (χ1n) is 8.76. The first kappa shape index (κ1) is 15.0. The van der Waals surface area contributed by atoms with Gasteiger partial charge >= 0.3 is 6.09 Å². The van der Waals surface area contributed by atoms with Gasteiger partial charge in [0.25, 0.3) is 0 Å². The molecule has 1 aliphatic carbocycles. The fraction of sp³-hybridized carbons (Fsp3) is 0.765. The van der Waals surface area contributed by atoms with Gasteiger partial charge in [-0.3, -0.25) is 4.68 Å². The number of rotatable bonds is 2. The number of hydrogen-bond acceptors (Lipinski definition) is 3. The molecule has 1 aromatic rings. The minimum absolute atomic E-state index is 0.294. The Morgan fingerprint density at radius 1 is 1.30 bits per heavy atom. The largest absolute Gasteiger partial charge is 0.465 e. The van der Waals surface area contributed by atoms with E-state index >= 15 is 0 Å². The lowest BCUT2D eigenvalue weighted by Crippen LogP contribution is -2.54. The van der Waals surface area contributed by atoms with E-state index in [0.717, 1.165) is 19.5 Å². The highest BCUT2D eigenvalue weighted by Gasteiger charge is 2.51. The molecule has 6 nitrogen and oxygen atoms in total.